The van der Waals surface area contributed by atoms with Gasteiger partial charge in [-0.25, -0.2) is 0 Å². The average molecular weight is 106 g/mol. The van der Waals surface area contributed by atoms with Gasteiger partial charge in [0, 0.05) is 17.4 Å². The zero-order valence-corrected chi connectivity index (χ0v) is 3.85. The summed E-state index contributed by atoms with van der Waals surface area (Å²) in [5.74, 6) is 0. The standard InChI is InChI=1S/Al.NO3.H2O/c;2-1(3)4;/h;;1H2/q;-1;/p-1. The molecule has 0 aromatic rings. The molecule has 0 aliphatic carbocycles. The van der Waals surface area contributed by atoms with Crippen molar-refractivity contribution >= 4 is 17.4 Å². The molecule has 6 heavy (non-hydrogen) atoms. The van der Waals surface area contributed by atoms with Gasteiger partial charge >= 0.3 is 0 Å². The maximum absolute atomic E-state index is 8.25. The van der Waals surface area contributed by atoms with Crippen molar-refractivity contribution in [1.82, 2.24) is 0 Å². The topological polar surface area (TPSA) is 96.2 Å². The second-order valence-corrected chi connectivity index (χ2v) is 0.224. The summed E-state index contributed by atoms with van der Waals surface area (Å²) in [4.78, 5) is 8.25. The zero-order chi connectivity index (χ0) is 3.58. The van der Waals surface area contributed by atoms with Gasteiger partial charge in [0.15, 0.2) is 0 Å². The fraction of sp³-hybridized carbons (Fsp3) is 0. The molecule has 5 nitrogen and oxygen atoms in total. The van der Waals surface area contributed by atoms with Crippen LogP contribution >= 0.6 is 0 Å². The summed E-state index contributed by atoms with van der Waals surface area (Å²) >= 11 is 0. The summed E-state index contributed by atoms with van der Waals surface area (Å²) in [6.45, 7) is 0. The molecular weight excluding hydrogens is 105 g/mol. The van der Waals surface area contributed by atoms with Gasteiger partial charge in [0.05, 0.1) is 5.09 Å². The van der Waals surface area contributed by atoms with E-state index < -0.39 is 5.09 Å². The molecule has 0 rings (SSSR count). The van der Waals surface area contributed by atoms with Crippen molar-refractivity contribution in [3.8, 4) is 0 Å². The van der Waals surface area contributed by atoms with Crippen LogP contribution in [0.4, 0.5) is 0 Å². The lowest BCUT2D eigenvalue weighted by Crippen LogP contribution is -1.74. The van der Waals surface area contributed by atoms with E-state index in [1.165, 1.54) is 0 Å². The van der Waals surface area contributed by atoms with E-state index in [2.05, 4.69) is 0 Å². The van der Waals surface area contributed by atoms with E-state index in [9.17, 15) is 0 Å². The van der Waals surface area contributed by atoms with Gasteiger partial charge in [0.25, 0.3) is 0 Å². The Labute approximate surface area is 44.1 Å². The van der Waals surface area contributed by atoms with Crippen LogP contribution in [0.25, 0.3) is 0 Å². The van der Waals surface area contributed by atoms with Crippen LogP contribution in [0, 0.1) is 15.3 Å². The minimum atomic E-state index is -1.75. The van der Waals surface area contributed by atoms with Gasteiger partial charge in [-0.3, -0.25) is 0 Å². The maximum atomic E-state index is 8.25. The van der Waals surface area contributed by atoms with E-state index in [0.717, 1.165) is 0 Å². The van der Waals surface area contributed by atoms with Crippen molar-refractivity contribution in [3.05, 3.63) is 15.3 Å². The fourth-order valence-corrected chi connectivity index (χ4v) is 0. The Bertz CT molecular complexity index is 30.5. The Morgan fingerprint density at radius 2 is 1.33 bits per heavy atom. The van der Waals surface area contributed by atoms with E-state index >= 15 is 0 Å². The molecule has 0 fully saturated rings. The maximum Gasteiger partial charge on any atom is 0.0689 e. The van der Waals surface area contributed by atoms with Crippen LogP contribution in [0.15, 0.2) is 0 Å². The first-order valence-electron chi connectivity index (χ1n) is 0.548. The highest BCUT2D eigenvalue weighted by atomic mass is 27.0. The van der Waals surface area contributed by atoms with Gasteiger partial charge in [-0.1, -0.05) is 0 Å². The lowest BCUT2D eigenvalue weighted by Gasteiger charge is -1.74. The molecule has 0 aliphatic rings. The Morgan fingerprint density at radius 1 is 1.33 bits per heavy atom. The lowest BCUT2D eigenvalue weighted by molar-refractivity contribution is -0.402. The second kappa shape index (κ2) is 8.83. The summed E-state index contributed by atoms with van der Waals surface area (Å²) in [5, 5.41) is 14.8. The van der Waals surface area contributed by atoms with Crippen LogP contribution in [0.5, 0.6) is 0 Å². The molecule has 0 spiro atoms. The Balaban J connectivity index is -0.0000000450. The second-order valence-electron chi connectivity index (χ2n) is 0.224. The van der Waals surface area contributed by atoms with Crippen molar-refractivity contribution in [1.29, 1.82) is 0 Å². The van der Waals surface area contributed by atoms with Gasteiger partial charge in [-0.2, -0.15) is 0 Å². The van der Waals surface area contributed by atoms with Crippen LogP contribution in [-0.2, 0) is 0 Å². The Kier molecular flexibility index (Phi) is 25.4. The van der Waals surface area contributed by atoms with Crippen LogP contribution in [0.2, 0.25) is 0 Å². The quantitative estimate of drug-likeness (QED) is 0.229. The number of nitrogens with zero attached hydrogens (tertiary/aromatic N) is 1. The highest BCUT2D eigenvalue weighted by Gasteiger charge is 1.45. The molecule has 6 heteroatoms. The van der Waals surface area contributed by atoms with Gasteiger partial charge in [-0.15, -0.1) is 0 Å². The molecule has 0 heterocycles. The largest absolute Gasteiger partial charge is 0.870 e. The molecule has 0 aromatic heterocycles. The van der Waals surface area contributed by atoms with E-state index in [-0.39, 0.29) is 22.8 Å². The van der Waals surface area contributed by atoms with Gasteiger partial charge in [0.2, 0.25) is 0 Å². The molecule has 0 aromatic carbocycles. The van der Waals surface area contributed by atoms with Crippen LogP contribution in [-0.4, -0.2) is 27.9 Å². The van der Waals surface area contributed by atoms with Gasteiger partial charge in [-0.05, 0) is 0 Å². The molecular formula is HAlNO4-2. The Hall–Kier alpha value is -0.308. The molecule has 35 valence electrons. The molecule has 0 saturated carbocycles. The normalized spacial score (nSPS) is 4.00. The highest BCUT2D eigenvalue weighted by molar-refractivity contribution is 5.75. The lowest BCUT2D eigenvalue weighted by atomic mass is 13.1. The van der Waals surface area contributed by atoms with Crippen LogP contribution in [0.1, 0.15) is 0 Å². The number of rotatable bonds is 0. The van der Waals surface area contributed by atoms with Crippen molar-refractivity contribution in [2.45, 2.75) is 0 Å². The van der Waals surface area contributed by atoms with Gasteiger partial charge in [0.1, 0.15) is 0 Å². The van der Waals surface area contributed by atoms with E-state index in [1.807, 2.05) is 0 Å². The zero-order valence-electron chi connectivity index (χ0n) is 2.70. The minimum Gasteiger partial charge on any atom is -0.870 e. The SMILES string of the molecule is O=[N+]([O-])[O-].[Al].[OH-]. The predicted molar refractivity (Wildman–Crippen MR) is 18.1 cm³/mol. The van der Waals surface area contributed by atoms with Crippen molar-refractivity contribution in [2.24, 2.45) is 0 Å². The monoisotopic (exact) mass is 106 g/mol. The van der Waals surface area contributed by atoms with Crippen LogP contribution in [0.3, 0.4) is 0 Å². The summed E-state index contributed by atoms with van der Waals surface area (Å²) in [5.41, 5.74) is 0. The number of hydrogen-bond donors (Lipinski definition) is 0. The summed E-state index contributed by atoms with van der Waals surface area (Å²) in [6, 6.07) is 0. The predicted octanol–water partition coefficient (Wildman–Crippen LogP) is -0.797. The molecule has 3 radical (unpaired) electrons. The molecule has 0 amide bonds. The third-order valence-corrected chi connectivity index (χ3v) is 0. The Morgan fingerprint density at radius 3 is 1.33 bits per heavy atom. The molecule has 0 bridgehead atoms. The first-order chi connectivity index (χ1) is 1.73. The van der Waals surface area contributed by atoms with E-state index in [0.29, 0.717) is 0 Å². The summed E-state index contributed by atoms with van der Waals surface area (Å²) < 4.78 is 0. The van der Waals surface area contributed by atoms with Crippen LogP contribution < -0.4 is 0 Å². The number of hydrogen-bond acceptors (Lipinski definition) is 4. The molecule has 1 N–H and O–H groups in total. The van der Waals surface area contributed by atoms with E-state index in [4.69, 9.17) is 15.3 Å². The third-order valence-electron chi connectivity index (χ3n) is 0. The molecule has 0 unspecified atom stereocenters. The van der Waals surface area contributed by atoms with Crippen molar-refractivity contribution in [3.63, 3.8) is 0 Å². The molecule has 0 saturated heterocycles. The summed E-state index contributed by atoms with van der Waals surface area (Å²) in [7, 11) is 0. The first-order valence-corrected chi connectivity index (χ1v) is 0.548. The fourth-order valence-electron chi connectivity index (χ4n) is 0. The van der Waals surface area contributed by atoms with Crippen molar-refractivity contribution in [2.75, 3.05) is 0 Å². The highest BCUT2D eigenvalue weighted by Crippen LogP contribution is 1.44. The minimum absolute atomic E-state index is 0. The summed E-state index contributed by atoms with van der Waals surface area (Å²) in [6.07, 6.45) is 0. The smallest absolute Gasteiger partial charge is 0.0689 e. The third kappa shape index (κ3) is 283. The van der Waals surface area contributed by atoms with Crippen molar-refractivity contribution < 1.29 is 10.6 Å². The average Bonchev–Trinajstić information content (AvgIpc) is 0.811. The van der Waals surface area contributed by atoms with Gasteiger partial charge < -0.3 is 20.8 Å². The molecule has 0 aliphatic heterocycles. The first kappa shape index (κ1) is 17.3. The van der Waals surface area contributed by atoms with E-state index in [1.54, 1.807) is 0 Å². The molecule has 0 atom stereocenters.